The Kier molecular flexibility index (Phi) is 3.85. The third-order valence-corrected chi connectivity index (χ3v) is 3.92. The third-order valence-electron chi connectivity index (χ3n) is 3.92. The Morgan fingerprint density at radius 3 is 2.47 bits per heavy atom. The van der Waals surface area contributed by atoms with Crippen LogP contribution in [0.1, 0.15) is 36.1 Å². The van der Waals surface area contributed by atoms with Gasteiger partial charge in [-0.05, 0) is 51.8 Å². The molecule has 1 saturated heterocycles. The molecule has 0 radical (unpaired) electrons. The van der Waals surface area contributed by atoms with Crippen LogP contribution >= 0.6 is 0 Å². The van der Waals surface area contributed by atoms with Gasteiger partial charge in [0.05, 0.1) is 0 Å². The summed E-state index contributed by atoms with van der Waals surface area (Å²) in [5.74, 6) is 0.698. The average molecular weight is 232 g/mol. The van der Waals surface area contributed by atoms with Gasteiger partial charge in [-0.25, -0.2) is 0 Å². The number of likely N-dealkylation sites (tertiary alicyclic amines) is 1. The van der Waals surface area contributed by atoms with Crippen LogP contribution < -0.4 is 5.73 Å². The number of rotatable bonds is 3. The molecule has 2 atom stereocenters. The summed E-state index contributed by atoms with van der Waals surface area (Å²) in [6.45, 7) is 9.84. The summed E-state index contributed by atoms with van der Waals surface area (Å²) in [5, 5.41) is 0. The summed E-state index contributed by atoms with van der Waals surface area (Å²) in [6, 6.07) is 7.38. The Morgan fingerprint density at radius 2 is 1.94 bits per heavy atom. The van der Waals surface area contributed by atoms with Gasteiger partial charge < -0.3 is 5.73 Å². The quantitative estimate of drug-likeness (QED) is 0.868. The van der Waals surface area contributed by atoms with Gasteiger partial charge in [0.25, 0.3) is 0 Å². The monoisotopic (exact) mass is 232 g/mol. The molecule has 0 saturated carbocycles. The van der Waals surface area contributed by atoms with Crippen LogP contribution in [0.15, 0.2) is 18.2 Å². The van der Waals surface area contributed by atoms with Gasteiger partial charge in [0, 0.05) is 12.6 Å². The topological polar surface area (TPSA) is 29.3 Å². The van der Waals surface area contributed by atoms with Crippen molar-refractivity contribution in [2.45, 2.75) is 33.2 Å². The smallest absolute Gasteiger partial charge is 0.0320 e. The Labute approximate surface area is 105 Å². The summed E-state index contributed by atoms with van der Waals surface area (Å²) >= 11 is 0. The molecule has 2 N–H and O–H groups in total. The van der Waals surface area contributed by atoms with Gasteiger partial charge in [-0.1, -0.05) is 29.3 Å². The fourth-order valence-corrected chi connectivity index (χ4v) is 2.87. The van der Waals surface area contributed by atoms with Crippen LogP contribution in [-0.4, -0.2) is 24.5 Å². The molecule has 0 spiro atoms. The average Bonchev–Trinajstić information content (AvgIpc) is 2.75. The van der Waals surface area contributed by atoms with E-state index >= 15 is 0 Å². The van der Waals surface area contributed by atoms with E-state index in [4.69, 9.17) is 5.73 Å². The number of benzene rings is 1. The highest BCUT2D eigenvalue weighted by atomic mass is 15.2. The molecule has 1 aliphatic heterocycles. The molecule has 1 heterocycles. The van der Waals surface area contributed by atoms with Crippen LogP contribution in [0.2, 0.25) is 0 Å². The zero-order valence-corrected chi connectivity index (χ0v) is 11.2. The summed E-state index contributed by atoms with van der Waals surface area (Å²) in [4.78, 5) is 2.56. The minimum absolute atomic E-state index is 0.519. The van der Waals surface area contributed by atoms with Crippen LogP contribution in [-0.2, 0) is 0 Å². The first-order valence-corrected chi connectivity index (χ1v) is 6.62. The van der Waals surface area contributed by atoms with Crippen molar-refractivity contribution in [3.8, 4) is 0 Å². The van der Waals surface area contributed by atoms with Gasteiger partial charge in [0.1, 0.15) is 0 Å². The molecule has 1 aromatic rings. The highest BCUT2D eigenvalue weighted by Crippen LogP contribution is 2.27. The van der Waals surface area contributed by atoms with E-state index in [2.05, 4.69) is 43.9 Å². The lowest BCUT2D eigenvalue weighted by molar-refractivity contribution is 0.253. The van der Waals surface area contributed by atoms with Gasteiger partial charge in [0.2, 0.25) is 0 Å². The molecule has 17 heavy (non-hydrogen) atoms. The van der Waals surface area contributed by atoms with Gasteiger partial charge in [-0.3, -0.25) is 4.90 Å². The second-order valence-electron chi connectivity index (χ2n) is 5.48. The number of nitrogens with two attached hydrogens (primary N) is 1. The molecule has 2 nitrogen and oxygen atoms in total. The summed E-state index contributed by atoms with van der Waals surface area (Å²) in [5.41, 5.74) is 9.93. The molecule has 2 rings (SSSR count). The number of hydrogen-bond donors (Lipinski definition) is 1. The lowest BCUT2D eigenvalue weighted by Gasteiger charge is -2.25. The number of nitrogens with zero attached hydrogens (tertiary/aromatic N) is 1. The largest absolute Gasteiger partial charge is 0.330 e. The van der Waals surface area contributed by atoms with Crippen LogP contribution in [0.5, 0.6) is 0 Å². The normalized spacial score (nSPS) is 22.9. The minimum Gasteiger partial charge on any atom is -0.330 e. The SMILES string of the molecule is Cc1cc(C)cc(C(C)N2CCC(CN)C2)c1. The highest BCUT2D eigenvalue weighted by molar-refractivity contribution is 5.30. The second-order valence-corrected chi connectivity index (χ2v) is 5.48. The Balaban J connectivity index is 2.11. The molecule has 1 aromatic carbocycles. The Hall–Kier alpha value is -0.860. The number of aryl methyl sites for hydroxylation is 2. The van der Waals surface area contributed by atoms with Crippen LogP contribution in [0.4, 0.5) is 0 Å². The maximum Gasteiger partial charge on any atom is 0.0320 e. The molecule has 1 fully saturated rings. The predicted octanol–water partition coefficient (Wildman–Crippen LogP) is 2.65. The Bertz CT molecular complexity index is 366. The van der Waals surface area contributed by atoms with E-state index in [1.807, 2.05) is 0 Å². The molecular formula is C15H24N2. The van der Waals surface area contributed by atoms with Crippen LogP contribution in [0, 0.1) is 19.8 Å². The first kappa shape index (κ1) is 12.6. The van der Waals surface area contributed by atoms with E-state index < -0.39 is 0 Å². The van der Waals surface area contributed by atoms with Crippen molar-refractivity contribution in [1.82, 2.24) is 4.90 Å². The van der Waals surface area contributed by atoms with Crippen molar-refractivity contribution in [2.75, 3.05) is 19.6 Å². The van der Waals surface area contributed by atoms with Crippen LogP contribution in [0.25, 0.3) is 0 Å². The highest BCUT2D eigenvalue weighted by Gasteiger charge is 2.25. The van der Waals surface area contributed by atoms with Gasteiger partial charge in [-0.2, -0.15) is 0 Å². The maximum absolute atomic E-state index is 5.76. The third kappa shape index (κ3) is 2.88. The first-order valence-electron chi connectivity index (χ1n) is 6.62. The summed E-state index contributed by atoms with van der Waals surface area (Å²) in [7, 11) is 0. The standard InChI is InChI=1S/C15H24N2/c1-11-6-12(2)8-15(7-11)13(3)17-5-4-14(9-16)10-17/h6-8,13-14H,4-5,9-10,16H2,1-3H3. The van der Waals surface area contributed by atoms with Crippen molar-refractivity contribution in [3.63, 3.8) is 0 Å². The molecule has 0 aromatic heterocycles. The fourth-order valence-electron chi connectivity index (χ4n) is 2.87. The zero-order valence-electron chi connectivity index (χ0n) is 11.2. The zero-order chi connectivity index (χ0) is 12.4. The molecule has 0 aliphatic carbocycles. The molecular weight excluding hydrogens is 208 g/mol. The van der Waals surface area contributed by atoms with E-state index in [0.717, 1.165) is 13.1 Å². The van der Waals surface area contributed by atoms with E-state index in [1.54, 1.807) is 0 Å². The summed E-state index contributed by atoms with van der Waals surface area (Å²) < 4.78 is 0. The first-order chi connectivity index (χ1) is 8.10. The van der Waals surface area contributed by atoms with Crippen molar-refractivity contribution in [3.05, 3.63) is 34.9 Å². The van der Waals surface area contributed by atoms with Crippen molar-refractivity contribution in [1.29, 1.82) is 0 Å². The second kappa shape index (κ2) is 5.19. The lowest BCUT2D eigenvalue weighted by atomic mass is 10.0. The van der Waals surface area contributed by atoms with Gasteiger partial charge in [-0.15, -0.1) is 0 Å². The Morgan fingerprint density at radius 1 is 1.29 bits per heavy atom. The summed E-state index contributed by atoms with van der Waals surface area (Å²) in [6.07, 6.45) is 1.26. The van der Waals surface area contributed by atoms with E-state index in [0.29, 0.717) is 12.0 Å². The maximum atomic E-state index is 5.76. The molecule has 2 heteroatoms. The lowest BCUT2D eigenvalue weighted by Crippen LogP contribution is -2.26. The predicted molar refractivity (Wildman–Crippen MR) is 73.1 cm³/mol. The molecule has 94 valence electrons. The molecule has 1 aliphatic rings. The molecule has 2 unspecified atom stereocenters. The van der Waals surface area contributed by atoms with Crippen molar-refractivity contribution in [2.24, 2.45) is 11.7 Å². The molecule has 0 amide bonds. The van der Waals surface area contributed by atoms with Crippen LogP contribution in [0.3, 0.4) is 0 Å². The van der Waals surface area contributed by atoms with Gasteiger partial charge in [0.15, 0.2) is 0 Å². The van der Waals surface area contributed by atoms with Crippen molar-refractivity contribution >= 4 is 0 Å². The van der Waals surface area contributed by atoms with E-state index in [-0.39, 0.29) is 0 Å². The van der Waals surface area contributed by atoms with Crippen molar-refractivity contribution < 1.29 is 0 Å². The minimum atomic E-state index is 0.519. The molecule has 0 bridgehead atoms. The van der Waals surface area contributed by atoms with Gasteiger partial charge >= 0.3 is 0 Å². The van der Waals surface area contributed by atoms with E-state index in [1.165, 1.54) is 29.7 Å². The fraction of sp³-hybridized carbons (Fsp3) is 0.600. The number of hydrogen-bond acceptors (Lipinski definition) is 2. The van der Waals surface area contributed by atoms with E-state index in [9.17, 15) is 0 Å².